The lowest BCUT2D eigenvalue weighted by Crippen LogP contribution is -2.48. The number of fused-ring (bicyclic) bond motifs is 1. The zero-order chi connectivity index (χ0) is 27.9. The van der Waals surface area contributed by atoms with Crippen molar-refractivity contribution >= 4 is 44.2 Å². The molecule has 0 radical (unpaired) electrons. The van der Waals surface area contributed by atoms with Gasteiger partial charge in [0.15, 0.2) is 0 Å². The van der Waals surface area contributed by atoms with E-state index >= 15 is 0 Å². The fourth-order valence-electron chi connectivity index (χ4n) is 4.53. The Balaban J connectivity index is 1.81. The number of hydrogen-bond acceptors (Lipinski definition) is 6. The normalized spacial score (nSPS) is 12.8. The van der Waals surface area contributed by atoms with Crippen molar-refractivity contribution in [1.82, 2.24) is 24.9 Å². The number of benzene rings is 1. The van der Waals surface area contributed by atoms with E-state index in [9.17, 15) is 18.0 Å². The van der Waals surface area contributed by atoms with Crippen molar-refractivity contribution in [1.29, 1.82) is 0 Å². The average Bonchev–Trinajstić information content (AvgIpc) is 3.49. The van der Waals surface area contributed by atoms with Gasteiger partial charge in [0.25, 0.3) is 5.91 Å². The van der Waals surface area contributed by atoms with Gasteiger partial charge in [0.05, 0.1) is 17.3 Å². The van der Waals surface area contributed by atoms with Crippen LogP contribution in [0.4, 0.5) is 0 Å². The van der Waals surface area contributed by atoms with Crippen LogP contribution in [0.2, 0.25) is 0 Å². The van der Waals surface area contributed by atoms with Crippen LogP contribution in [0, 0.1) is 5.92 Å². The first-order valence-electron chi connectivity index (χ1n) is 13.1. The Morgan fingerprint density at radius 2 is 1.84 bits per heavy atom. The van der Waals surface area contributed by atoms with Crippen molar-refractivity contribution in [3.63, 3.8) is 0 Å². The van der Waals surface area contributed by atoms with Crippen LogP contribution in [0.5, 0.6) is 0 Å². The SMILES string of the molecule is CCC(CC)n1c(Cc2cccs2)nc2cc(C(=O)N[C@@H](CC(C)C)C(=O)NCCNS(C)(=O)=O)ccc21. The molecule has 38 heavy (non-hydrogen) atoms. The summed E-state index contributed by atoms with van der Waals surface area (Å²) < 4.78 is 27.1. The molecule has 2 heterocycles. The van der Waals surface area contributed by atoms with Gasteiger partial charge in [-0.3, -0.25) is 9.59 Å². The van der Waals surface area contributed by atoms with Gasteiger partial charge in [-0.25, -0.2) is 18.1 Å². The molecule has 3 N–H and O–H groups in total. The molecule has 0 fully saturated rings. The van der Waals surface area contributed by atoms with Crippen molar-refractivity contribution in [2.75, 3.05) is 19.3 Å². The van der Waals surface area contributed by atoms with E-state index in [1.54, 1.807) is 23.5 Å². The van der Waals surface area contributed by atoms with Crippen LogP contribution in [-0.2, 0) is 21.2 Å². The van der Waals surface area contributed by atoms with Crippen LogP contribution in [-0.4, -0.2) is 55.2 Å². The Morgan fingerprint density at radius 1 is 1.11 bits per heavy atom. The maximum atomic E-state index is 13.2. The van der Waals surface area contributed by atoms with Crippen LogP contribution in [0.3, 0.4) is 0 Å². The third-order valence-electron chi connectivity index (χ3n) is 6.36. The number of nitrogens with one attached hydrogen (secondary N) is 3. The average molecular weight is 562 g/mol. The molecule has 2 amide bonds. The van der Waals surface area contributed by atoms with Crippen molar-refractivity contribution in [2.45, 2.75) is 65.5 Å². The third kappa shape index (κ3) is 8.12. The minimum absolute atomic E-state index is 0.0799. The van der Waals surface area contributed by atoms with Gasteiger partial charge in [-0.1, -0.05) is 33.8 Å². The topological polar surface area (TPSA) is 122 Å². The smallest absolute Gasteiger partial charge is 0.252 e. The van der Waals surface area contributed by atoms with Crippen molar-refractivity contribution in [2.24, 2.45) is 5.92 Å². The van der Waals surface area contributed by atoms with E-state index in [1.165, 1.54) is 4.88 Å². The predicted molar refractivity (Wildman–Crippen MR) is 153 cm³/mol. The highest BCUT2D eigenvalue weighted by Gasteiger charge is 2.24. The number of thiophene rings is 1. The number of carbonyl (C=O) groups excluding carboxylic acids is 2. The maximum absolute atomic E-state index is 13.2. The molecule has 0 saturated carbocycles. The van der Waals surface area contributed by atoms with E-state index in [-0.39, 0.29) is 30.8 Å². The largest absolute Gasteiger partial charge is 0.353 e. The lowest BCUT2D eigenvalue weighted by Gasteiger charge is -2.20. The minimum atomic E-state index is -3.34. The maximum Gasteiger partial charge on any atom is 0.252 e. The summed E-state index contributed by atoms with van der Waals surface area (Å²) in [5.74, 6) is 0.449. The zero-order valence-electron chi connectivity index (χ0n) is 22.8. The second kappa shape index (κ2) is 13.3. The van der Waals surface area contributed by atoms with E-state index in [4.69, 9.17) is 4.98 Å². The number of aromatic nitrogens is 2. The number of sulfonamides is 1. The highest BCUT2D eigenvalue weighted by atomic mass is 32.2. The summed E-state index contributed by atoms with van der Waals surface area (Å²) in [6.45, 7) is 8.51. The van der Waals surface area contributed by atoms with Gasteiger partial charge in [0.1, 0.15) is 11.9 Å². The molecule has 208 valence electrons. The zero-order valence-corrected chi connectivity index (χ0v) is 24.4. The molecule has 0 saturated heterocycles. The van der Waals surface area contributed by atoms with Gasteiger partial charge in [-0.05, 0) is 54.8 Å². The quantitative estimate of drug-likeness (QED) is 0.258. The Morgan fingerprint density at radius 3 is 2.45 bits per heavy atom. The number of hydrogen-bond donors (Lipinski definition) is 3. The van der Waals surface area contributed by atoms with E-state index in [1.807, 2.05) is 26.0 Å². The standard InChI is InChI=1S/C27H39N5O4S2/c1-6-20(7-2)32-24-11-10-19(16-22(24)30-25(32)17-21-9-8-14-37-21)26(33)31-23(15-18(3)4)27(34)28-12-13-29-38(5,35)36/h8-11,14,16,18,20,23,29H,6-7,12-13,15,17H2,1-5H3,(H,28,34)(H,31,33)/t23-/m0/s1. The second-order valence-corrected chi connectivity index (χ2v) is 12.8. The molecule has 0 aliphatic carbocycles. The summed E-state index contributed by atoms with van der Waals surface area (Å²) >= 11 is 1.70. The Hall–Kier alpha value is -2.76. The molecule has 0 aliphatic rings. The number of carbonyl (C=O) groups is 2. The molecule has 0 bridgehead atoms. The van der Waals surface area contributed by atoms with Crippen LogP contribution >= 0.6 is 11.3 Å². The van der Waals surface area contributed by atoms with Crippen LogP contribution in [0.25, 0.3) is 11.0 Å². The molecular formula is C27H39N5O4S2. The number of imidazole rings is 1. The molecule has 9 nitrogen and oxygen atoms in total. The summed E-state index contributed by atoms with van der Waals surface area (Å²) in [7, 11) is -3.34. The highest BCUT2D eigenvalue weighted by molar-refractivity contribution is 7.88. The summed E-state index contributed by atoms with van der Waals surface area (Å²) in [5, 5.41) is 7.64. The molecule has 0 unspecified atom stereocenters. The predicted octanol–water partition coefficient (Wildman–Crippen LogP) is 3.86. The fourth-order valence-corrected chi connectivity index (χ4v) is 5.71. The Labute approximate surface area is 229 Å². The number of amides is 2. The van der Waals surface area contributed by atoms with Crippen LogP contribution < -0.4 is 15.4 Å². The van der Waals surface area contributed by atoms with Crippen molar-refractivity contribution < 1.29 is 18.0 Å². The molecule has 2 aromatic heterocycles. The molecule has 0 spiro atoms. The molecule has 0 aliphatic heterocycles. The molecule has 1 aromatic carbocycles. The molecule has 3 aromatic rings. The monoisotopic (exact) mass is 561 g/mol. The van der Waals surface area contributed by atoms with Gasteiger partial charge in [-0.2, -0.15) is 0 Å². The summed E-state index contributed by atoms with van der Waals surface area (Å²) in [6.07, 6.45) is 4.20. The fraction of sp³-hybridized carbons (Fsp3) is 0.519. The highest BCUT2D eigenvalue weighted by Crippen LogP contribution is 2.28. The molecule has 3 rings (SSSR count). The second-order valence-electron chi connectivity index (χ2n) is 9.94. The summed E-state index contributed by atoms with van der Waals surface area (Å²) in [4.78, 5) is 32.2. The van der Waals surface area contributed by atoms with Gasteiger partial charge < -0.3 is 15.2 Å². The van der Waals surface area contributed by atoms with Gasteiger partial charge >= 0.3 is 0 Å². The first-order chi connectivity index (χ1) is 18.0. The van der Waals surface area contributed by atoms with Gasteiger partial charge in [0, 0.05) is 36.0 Å². The Kier molecular flexibility index (Phi) is 10.5. The number of rotatable bonds is 14. The van der Waals surface area contributed by atoms with Gasteiger partial charge in [-0.15, -0.1) is 11.3 Å². The molecule has 1 atom stereocenters. The van der Waals surface area contributed by atoms with E-state index in [0.29, 0.717) is 18.0 Å². The van der Waals surface area contributed by atoms with Crippen LogP contribution in [0.15, 0.2) is 35.7 Å². The molecular weight excluding hydrogens is 522 g/mol. The minimum Gasteiger partial charge on any atom is -0.353 e. The number of nitrogens with zero attached hydrogens (tertiary/aromatic N) is 2. The Bertz CT molecular complexity index is 1330. The van der Waals surface area contributed by atoms with Gasteiger partial charge in [0.2, 0.25) is 15.9 Å². The van der Waals surface area contributed by atoms with Crippen LogP contribution in [0.1, 0.15) is 74.1 Å². The van der Waals surface area contributed by atoms with E-state index in [0.717, 1.165) is 42.4 Å². The summed E-state index contributed by atoms with van der Waals surface area (Å²) in [5.41, 5.74) is 2.19. The molecule has 11 heteroatoms. The summed E-state index contributed by atoms with van der Waals surface area (Å²) in [6, 6.07) is 9.24. The van der Waals surface area contributed by atoms with Crippen molar-refractivity contribution in [3.05, 3.63) is 52.0 Å². The van der Waals surface area contributed by atoms with E-state index in [2.05, 4.69) is 45.2 Å². The first-order valence-corrected chi connectivity index (χ1v) is 15.9. The first kappa shape index (κ1) is 29.8. The van der Waals surface area contributed by atoms with E-state index < -0.39 is 16.1 Å². The lowest BCUT2D eigenvalue weighted by atomic mass is 10.0. The third-order valence-corrected chi connectivity index (χ3v) is 7.97. The van der Waals surface area contributed by atoms with Crippen molar-refractivity contribution in [3.8, 4) is 0 Å². The lowest BCUT2D eigenvalue weighted by molar-refractivity contribution is -0.123.